The number of pyridine rings is 1. The molecule has 0 aliphatic carbocycles. The maximum Gasteiger partial charge on any atom is 0.339 e. The minimum Gasteiger partial charge on any atom is -0.465 e. The van der Waals surface area contributed by atoms with E-state index in [4.69, 9.17) is 4.74 Å². The predicted octanol–water partition coefficient (Wildman–Crippen LogP) is 2.62. The highest BCUT2D eigenvalue weighted by atomic mass is 16.5. The predicted molar refractivity (Wildman–Crippen MR) is 93.7 cm³/mol. The van der Waals surface area contributed by atoms with E-state index in [1.807, 2.05) is 13.8 Å². The Labute approximate surface area is 144 Å². The number of para-hydroxylation sites is 1. The first-order chi connectivity index (χ1) is 11.9. The van der Waals surface area contributed by atoms with Crippen LogP contribution in [-0.4, -0.2) is 33.8 Å². The van der Waals surface area contributed by atoms with E-state index in [1.54, 1.807) is 42.1 Å². The topological polar surface area (TPSA) is 86.1 Å². The van der Waals surface area contributed by atoms with Crippen molar-refractivity contribution in [2.24, 2.45) is 7.05 Å². The van der Waals surface area contributed by atoms with Crippen molar-refractivity contribution in [1.82, 2.24) is 14.8 Å². The van der Waals surface area contributed by atoms with Crippen LogP contribution in [0.3, 0.4) is 0 Å². The van der Waals surface area contributed by atoms with Crippen molar-refractivity contribution >= 4 is 28.6 Å². The second-order valence-corrected chi connectivity index (χ2v) is 5.71. The van der Waals surface area contributed by atoms with Gasteiger partial charge in [0, 0.05) is 12.7 Å². The fourth-order valence-corrected chi connectivity index (χ4v) is 2.82. The summed E-state index contributed by atoms with van der Waals surface area (Å²) < 4.78 is 6.41. The Morgan fingerprint density at radius 3 is 2.60 bits per heavy atom. The number of rotatable bonds is 3. The number of aryl methyl sites for hydroxylation is 3. The molecule has 0 aliphatic rings. The van der Waals surface area contributed by atoms with Crippen LogP contribution in [-0.2, 0) is 11.8 Å². The second kappa shape index (κ2) is 6.35. The van der Waals surface area contributed by atoms with Gasteiger partial charge in [0.05, 0.1) is 35.0 Å². The quantitative estimate of drug-likeness (QED) is 0.742. The molecule has 0 bridgehead atoms. The monoisotopic (exact) mass is 338 g/mol. The van der Waals surface area contributed by atoms with Gasteiger partial charge in [-0.05, 0) is 32.0 Å². The number of carbonyl (C=O) groups is 2. The molecule has 0 aliphatic heterocycles. The summed E-state index contributed by atoms with van der Waals surface area (Å²) in [5.41, 5.74) is 3.22. The molecule has 0 saturated heterocycles. The maximum atomic E-state index is 12.9. The Bertz CT molecular complexity index is 991. The van der Waals surface area contributed by atoms with E-state index >= 15 is 0 Å². The van der Waals surface area contributed by atoms with Gasteiger partial charge in [-0.3, -0.25) is 9.48 Å². The van der Waals surface area contributed by atoms with Gasteiger partial charge in [-0.25, -0.2) is 9.78 Å². The van der Waals surface area contributed by atoms with E-state index in [-0.39, 0.29) is 5.91 Å². The lowest BCUT2D eigenvalue weighted by Gasteiger charge is -2.11. The minimum atomic E-state index is -0.510. The number of methoxy groups -OCH3 is 1. The van der Waals surface area contributed by atoms with Gasteiger partial charge in [0.1, 0.15) is 0 Å². The molecule has 0 unspecified atom stereocenters. The van der Waals surface area contributed by atoms with Gasteiger partial charge in [0.2, 0.25) is 0 Å². The molecule has 25 heavy (non-hydrogen) atoms. The molecule has 3 aromatic rings. The van der Waals surface area contributed by atoms with Crippen LogP contribution in [0.5, 0.6) is 0 Å². The summed E-state index contributed by atoms with van der Waals surface area (Å²) in [7, 11) is 3.09. The highest BCUT2D eigenvalue weighted by molar-refractivity contribution is 6.14. The fraction of sp³-hybridized carbons (Fsp3) is 0.222. The summed E-state index contributed by atoms with van der Waals surface area (Å²) in [4.78, 5) is 29.2. The summed E-state index contributed by atoms with van der Waals surface area (Å²) in [5, 5.41) is 7.83. The Balaban J connectivity index is 2.06. The number of nitrogens with one attached hydrogen (secondary N) is 1. The SMILES string of the molecule is COC(=O)c1ccccc1NC(=O)c1cc(C)nc2c1c(C)nn2C. The van der Waals surface area contributed by atoms with Crippen molar-refractivity contribution in [2.75, 3.05) is 12.4 Å². The molecule has 7 nitrogen and oxygen atoms in total. The standard InChI is InChI=1S/C18H18N4O3/c1-10-9-13(15-11(2)21-22(3)16(15)19-10)17(23)20-14-8-6-5-7-12(14)18(24)25-4/h5-9H,1-4H3,(H,20,23). The molecule has 0 atom stereocenters. The summed E-state index contributed by atoms with van der Waals surface area (Å²) in [6, 6.07) is 8.43. The number of amides is 1. The third-order valence-corrected chi connectivity index (χ3v) is 3.92. The van der Waals surface area contributed by atoms with E-state index in [9.17, 15) is 9.59 Å². The van der Waals surface area contributed by atoms with Crippen molar-refractivity contribution in [3.05, 3.63) is 52.8 Å². The maximum absolute atomic E-state index is 12.9. The highest BCUT2D eigenvalue weighted by Crippen LogP contribution is 2.24. The number of ether oxygens (including phenoxy) is 1. The first kappa shape index (κ1) is 16.6. The number of hydrogen-bond donors (Lipinski definition) is 1. The van der Waals surface area contributed by atoms with Crippen molar-refractivity contribution in [2.45, 2.75) is 13.8 Å². The second-order valence-electron chi connectivity index (χ2n) is 5.71. The molecule has 0 fully saturated rings. The zero-order valence-corrected chi connectivity index (χ0v) is 14.5. The van der Waals surface area contributed by atoms with E-state index in [0.717, 1.165) is 5.69 Å². The summed E-state index contributed by atoms with van der Waals surface area (Å²) in [5.74, 6) is -0.840. The first-order valence-corrected chi connectivity index (χ1v) is 7.72. The van der Waals surface area contributed by atoms with Crippen LogP contribution in [0.15, 0.2) is 30.3 Å². The summed E-state index contributed by atoms with van der Waals surface area (Å²) in [6.07, 6.45) is 0. The average Bonchev–Trinajstić information content (AvgIpc) is 2.88. The van der Waals surface area contributed by atoms with Gasteiger partial charge in [-0.2, -0.15) is 5.10 Å². The Morgan fingerprint density at radius 1 is 1.16 bits per heavy atom. The van der Waals surface area contributed by atoms with Gasteiger partial charge in [-0.15, -0.1) is 0 Å². The molecule has 1 aromatic carbocycles. The van der Waals surface area contributed by atoms with Crippen molar-refractivity contribution in [1.29, 1.82) is 0 Å². The number of anilines is 1. The smallest absolute Gasteiger partial charge is 0.339 e. The molecule has 1 N–H and O–H groups in total. The molecule has 128 valence electrons. The third kappa shape index (κ3) is 2.96. The molecule has 2 heterocycles. The zero-order valence-electron chi connectivity index (χ0n) is 14.5. The van der Waals surface area contributed by atoms with Crippen molar-refractivity contribution in [3.8, 4) is 0 Å². The molecular weight excluding hydrogens is 320 g/mol. The largest absolute Gasteiger partial charge is 0.465 e. The molecule has 0 spiro atoms. The Hall–Kier alpha value is -3.22. The zero-order chi connectivity index (χ0) is 18.1. The molecule has 1 amide bonds. The number of nitrogens with zero attached hydrogens (tertiary/aromatic N) is 3. The molecule has 7 heteroatoms. The van der Waals surface area contributed by atoms with Gasteiger partial charge in [0.15, 0.2) is 5.65 Å². The summed E-state index contributed by atoms with van der Waals surface area (Å²) in [6.45, 7) is 3.65. The van der Waals surface area contributed by atoms with Crippen LogP contribution >= 0.6 is 0 Å². The number of esters is 1. The average molecular weight is 338 g/mol. The number of fused-ring (bicyclic) bond motifs is 1. The lowest BCUT2D eigenvalue weighted by Crippen LogP contribution is -2.16. The Kier molecular flexibility index (Phi) is 4.22. The van der Waals surface area contributed by atoms with Crippen molar-refractivity contribution < 1.29 is 14.3 Å². The molecule has 2 aromatic heterocycles. The van der Waals surface area contributed by atoms with Gasteiger partial charge < -0.3 is 10.1 Å². The molecule has 3 rings (SSSR count). The van der Waals surface area contributed by atoms with Crippen molar-refractivity contribution in [3.63, 3.8) is 0 Å². The van der Waals surface area contributed by atoms with Gasteiger partial charge >= 0.3 is 5.97 Å². The lowest BCUT2D eigenvalue weighted by molar-refractivity contribution is 0.0602. The first-order valence-electron chi connectivity index (χ1n) is 7.72. The van der Waals surface area contributed by atoms with Crippen LogP contribution in [0.4, 0.5) is 5.69 Å². The van der Waals surface area contributed by atoms with E-state index in [2.05, 4.69) is 15.4 Å². The minimum absolute atomic E-state index is 0.295. The number of carbonyl (C=O) groups excluding carboxylic acids is 2. The lowest BCUT2D eigenvalue weighted by atomic mass is 10.1. The van der Waals surface area contributed by atoms with Crippen LogP contribution in [0.2, 0.25) is 0 Å². The number of hydrogen-bond acceptors (Lipinski definition) is 5. The van der Waals surface area contributed by atoms with E-state index in [0.29, 0.717) is 33.5 Å². The normalized spacial score (nSPS) is 10.7. The molecular formula is C18H18N4O3. The number of benzene rings is 1. The number of aromatic nitrogens is 3. The summed E-state index contributed by atoms with van der Waals surface area (Å²) >= 11 is 0. The van der Waals surface area contributed by atoms with Crippen LogP contribution in [0.1, 0.15) is 32.1 Å². The van der Waals surface area contributed by atoms with Gasteiger partial charge in [0.25, 0.3) is 5.91 Å². The molecule has 0 saturated carbocycles. The molecule has 0 radical (unpaired) electrons. The Morgan fingerprint density at radius 2 is 1.88 bits per heavy atom. The van der Waals surface area contributed by atoms with Gasteiger partial charge in [-0.1, -0.05) is 12.1 Å². The van der Waals surface area contributed by atoms with E-state index < -0.39 is 5.97 Å². The third-order valence-electron chi connectivity index (χ3n) is 3.92. The van der Waals surface area contributed by atoms with Crippen LogP contribution < -0.4 is 5.32 Å². The van der Waals surface area contributed by atoms with Crippen LogP contribution in [0.25, 0.3) is 11.0 Å². The van der Waals surface area contributed by atoms with E-state index in [1.165, 1.54) is 7.11 Å². The fourth-order valence-electron chi connectivity index (χ4n) is 2.82. The van der Waals surface area contributed by atoms with Crippen LogP contribution in [0, 0.1) is 13.8 Å². The highest BCUT2D eigenvalue weighted by Gasteiger charge is 2.20.